The average Bonchev–Trinajstić information content (AvgIpc) is 2.48. The minimum absolute atomic E-state index is 0.131. The number of benzene rings is 1. The van der Waals surface area contributed by atoms with Crippen molar-refractivity contribution in [2.24, 2.45) is 5.92 Å². The number of carbonyl (C=O) groups excluding carboxylic acids is 1. The maximum absolute atomic E-state index is 12.3. The normalized spacial score (nSPS) is 16.6. The van der Waals surface area contributed by atoms with E-state index in [1.54, 1.807) is 29.2 Å². The first-order chi connectivity index (χ1) is 10.8. The lowest BCUT2D eigenvalue weighted by Crippen LogP contribution is -2.45. The molecule has 0 unspecified atom stereocenters. The molecule has 1 saturated heterocycles. The molecule has 0 atom stereocenters. The van der Waals surface area contributed by atoms with Gasteiger partial charge in [0.1, 0.15) is 0 Å². The Labute approximate surface area is 142 Å². The Hall–Kier alpha value is -1.27. The number of anilines is 1. The molecule has 1 aliphatic rings. The molecule has 5 nitrogen and oxygen atoms in total. The first-order valence-electron chi connectivity index (χ1n) is 7.81. The van der Waals surface area contributed by atoms with Gasteiger partial charge in [-0.15, -0.1) is 0 Å². The fourth-order valence-electron chi connectivity index (χ4n) is 2.75. The lowest BCUT2D eigenvalue weighted by Gasteiger charge is -2.32. The van der Waals surface area contributed by atoms with E-state index in [0.717, 1.165) is 0 Å². The van der Waals surface area contributed by atoms with Gasteiger partial charge in [-0.05, 0) is 43.0 Å². The van der Waals surface area contributed by atoms with Crippen LogP contribution in [0.4, 0.5) is 10.5 Å². The van der Waals surface area contributed by atoms with E-state index < -0.39 is 9.84 Å². The molecule has 1 N–H and O–H groups in total. The lowest BCUT2D eigenvalue weighted by atomic mass is 10.1. The number of amides is 2. The van der Waals surface area contributed by atoms with E-state index in [0.29, 0.717) is 36.6 Å². The van der Waals surface area contributed by atoms with Gasteiger partial charge in [0.15, 0.2) is 9.84 Å². The molecule has 2 amide bonds. The quantitative estimate of drug-likeness (QED) is 0.896. The number of hydrogen-bond acceptors (Lipinski definition) is 3. The van der Waals surface area contributed by atoms with Gasteiger partial charge in [-0.2, -0.15) is 0 Å². The number of urea groups is 1. The second kappa shape index (κ2) is 7.53. The van der Waals surface area contributed by atoms with E-state index in [-0.39, 0.29) is 23.0 Å². The zero-order valence-electron chi connectivity index (χ0n) is 13.5. The standard InChI is InChI=1S/C16H23ClN2O3S/c1-12(2)11-23(21,22)15-7-9-19(10-8-15)16(20)18-14-5-3-13(17)4-6-14/h3-6,12,15H,7-11H2,1-2H3,(H,18,20). The third-order valence-corrected chi connectivity index (χ3v) is 6.77. The van der Waals surface area contributed by atoms with Crippen molar-refractivity contribution in [1.29, 1.82) is 0 Å². The van der Waals surface area contributed by atoms with E-state index in [2.05, 4.69) is 5.32 Å². The Morgan fingerprint density at radius 3 is 2.35 bits per heavy atom. The summed E-state index contributed by atoms with van der Waals surface area (Å²) in [7, 11) is -3.07. The van der Waals surface area contributed by atoms with Crippen LogP contribution in [0.5, 0.6) is 0 Å². The van der Waals surface area contributed by atoms with E-state index >= 15 is 0 Å². The molecule has 1 aromatic carbocycles. The second-order valence-electron chi connectivity index (χ2n) is 6.35. The molecule has 1 heterocycles. The predicted molar refractivity (Wildman–Crippen MR) is 93.7 cm³/mol. The summed E-state index contributed by atoms with van der Waals surface area (Å²) in [4.78, 5) is 13.9. The number of nitrogens with zero attached hydrogens (tertiary/aromatic N) is 1. The zero-order valence-corrected chi connectivity index (χ0v) is 15.0. The maximum Gasteiger partial charge on any atom is 0.321 e. The van der Waals surface area contributed by atoms with Gasteiger partial charge in [0.2, 0.25) is 0 Å². The molecule has 0 saturated carbocycles. The van der Waals surface area contributed by atoms with Crippen LogP contribution in [0.1, 0.15) is 26.7 Å². The molecule has 7 heteroatoms. The molecule has 0 bridgehead atoms. The van der Waals surface area contributed by atoms with E-state index in [1.807, 2.05) is 13.8 Å². The topological polar surface area (TPSA) is 66.5 Å². The fraction of sp³-hybridized carbons (Fsp3) is 0.562. The van der Waals surface area contributed by atoms with Crippen LogP contribution < -0.4 is 5.32 Å². The number of likely N-dealkylation sites (tertiary alicyclic amines) is 1. The largest absolute Gasteiger partial charge is 0.324 e. The molecule has 0 radical (unpaired) electrons. The third-order valence-electron chi connectivity index (χ3n) is 3.90. The van der Waals surface area contributed by atoms with Crippen LogP contribution >= 0.6 is 11.6 Å². The monoisotopic (exact) mass is 358 g/mol. The summed E-state index contributed by atoms with van der Waals surface area (Å²) in [5, 5.41) is 3.08. The molecule has 23 heavy (non-hydrogen) atoms. The predicted octanol–water partition coefficient (Wildman–Crippen LogP) is 3.41. The molecule has 0 spiro atoms. The van der Waals surface area contributed by atoms with Crippen molar-refractivity contribution in [3.05, 3.63) is 29.3 Å². The lowest BCUT2D eigenvalue weighted by molar-refractivity contribution is 0.200. The summed E-state index contributed by atoms with van der Waals surface area (Å²) in [6.07, 6.45) is 1.01. The third kappa shape index (κ3) is 5.11. The van der Waals surface area contributed by atoms with Crippen LogP contribution in [0.2, 0.25) is 5.02 Å². The minimum atomic E-state index is -3.07. The molecule has 0 aromatic heterocycles. The van der Waals surface area contributed by atoms with Crippen LogP contribution in [-0.4, -0.2) is 43.4 Å². The van der Waals surface area contributed by atoms with Gasteiger partial charge in [0.05, 0.1) is 11.0 Å². The Bertz CT molecular complexity index is 636. The van der Waals surface area contributed by atoms with Crippen LogP contribution in [0, 0.1) is 5.92 Å². The number of halogens is 1. The van der Waals surface area contributed by atoms with Gasteiger partial charge < -0.3 is 10.2 Å². The van der Waals surface area contributed by atoms with Crippen LogP contribution in [0.15, 0.2) is 24.3 Å². The smallest absolute Gasteiger partial charge is 0.321 e. The number of nitrogens with one attached hydrogen (secondary N) is 1. The fourth-order valence-corrected chi connectivity index (χ4v) is 5.01. The highest BCUT2D eigenvalue weighted by molar-refractivity contribution is 7.92. The van der Waals surface area contributed by atoms with Gasteiger partial charge in [0, 0.05) is 23.8 Å². The summed E-state index contributed by atoms with van der Waals surface area (Å²) >= 11 is 5.81. The minimum Gasteiger partial charge on any atom is -0.324 e. The first kappa shape index (κ1) is 18.1. The molecule has 1 aromatic rings. The van der Waals surface area contributed by atoms with Gasteiger partial charge in [-0.1, -0.05) is 25.4 Å². The van der Waals surface area contributed by atoms with Gasteiger partial charge >= 0.3 is 6.03 Å². The van der Waals surface area contributed by atoms with Crippen molar-refractivity contribution in [3.8, 4) is 0 Å². The highest BCUT2D eigenvalue weighted by atomic mass is 35.5. The highest BCUT2D eigenvalue weighted by Crippen LogP contribution is 2.21. The Kier molecular flexibility index (Phi) is 5.92. The van der Waals surface area contributed by atoms with Gasteiger partial charge in [-0.25, -0.2) is 13.2 Å². The molecule has 0 aliphatic carbocycles. The molecule has 1 aliphatic heterocycles. The van der Waals surface area contributed by atoms with Crippen molar-refractivity contribution >= 4 is 33.2 Å². The van der Waals surface area contributed by atoms with Crippen LogP contribution in [-0.2, 0) is 9.84 Å². The first-order valence-corrected chi connectivity index (χ1v) is 9.90. The Morgan fingerprint density at radius 1 is 1.26 bits per heavy atom. The summed E-state index contributed by atoms with van der Waals surface area (Å²) in [6, 6.07) is 6.69. The number of carbonyl (C=O) groups is 1. The Morgan fingerprint density at radius 2 is 1.83 bits per heavy atom. The van der Waals surface area contributed by atoms with Gasteiger partial charge in [0.25, 0.3) is 0 Å². The number of piperidine rings is 1. The molecule has 1 fully saturated rings. The maximum atomic E-state index is 12.3. The van der Waals surface area contributed by atoms with Crippen molar-refractivity contribution in [3.63, 3.8) is 0 Å². The summed E-state index contributed by atoms with van der Waals surface area (Å²) in [5.74, 6) is 0.348. The number of sulfone groups is 1. The van der Waals surface area contributed by atoms with E-state index in [9.17, 15) is 13.2 Å². The molecule has 128 valence electrons. The van der Waals surface area contributed by atoms with Crippen LogP contribution in [0.25, 0.3) is 0 Å². The highest BCUT2D eigenvalue weighted by Gasteiger charge is 2.31. The summed E-state index contributed by atoms with van der Waals surface area (Å²) in [5.41, 5.74) is 0.675. The second-order valence-corrected chi connectivity index (χ2v) is 9.11. The van der Waals surface area contributed by atoms with Crippen molar-refractivity contribution < 1.29 is 13.2 Å². The van der Waals surface area contributed by atoms with Crippen LogP contribution in [0.3, 0.4) is 0 Å². The SMILES string of the molecule is CC(C)CS(=O)(=O)C1CCN(C(=O)Nc2ccc(Cl)cc2)CC1. The molecular weight excluding hydrogens is 336 g/mol. The molecular formula is C16H23ClN2O3S. The van der Waals surface area contributed by atoms with Crippen molar-refractivity contribution in [1.82, 2.24) is 4.90 Å². The Balaban J connectivity index is 1.88. The van der Waals surface area contributed by atoms with E-state index in [1.165, 1.54) is 0 Å². The number of rotatable bonds is 4. The van der Waals surface area contributed by atoms with E-state index in [4.69, 9.17) is 11.6 Å². The number of hydrogen-bond donors (Lipinski definition) is 1. The summed E-state index contributed by atoms with van der Waals surface area (Å²) in [6.45, 7) is 4.74. The average molecular weight is 359 g/mol. The van der Waals surface area contributed by atoms with Crippen molar-refractivity contribution in [2.45, 2.75) is 31.9 Å². The zero-order chi connectivity index (χ0) is 17.0. The molecule has 2 rings (SSSR count). The van der Waals surface area contributed by atoms with Crippen molar-refractivity contribution in [2.75, 3.05) is 24.2 Å². The van der Waals surface area contributed by atoms with Gasteiger partial charge in [-0.3, -0.25) is 0 Å². The summed E-state index contributed by atoms with van der Waals surface area (Å²) < 4.78 is 24.5.